The number of benzene rings is 1. The number of halogens is 1. The Morgan fingerprint density at radius 3 is 2.30 bits per heavy atom. The molecule has 1 aromatic rings. The van der Waals surface area contributed by atoms with Crippen LogP contribution in [0, 0.1) is 6.92 Å². The van der Waals surface area contributed by atoms with E-state index in [9.17, 15) is 0 Å². The van der Waals surface area contributed by atoms with E-state index < -0.39 is 0 Å². The molecular weight excluding hydrogens is 446 g/mol. The van der Waals surface area contributed by atoms with Gasteiger partial charge >= 0.3 is 0 Å². The summed E-state index contributed by atoms with van der Waals surface area (Å²) in [6.45, 7) is 3.86. The van der Waals surface area contributed by atoms with Crippen molar-refractivity contribution in [2.75, 3.05) is 0 Å². The summed E-state index contributed by atoms with van der Waals surface area (Å²) >= 11 is 3.37. The molecule has 0 saturated carbocycles. The quantitative estimate of drug-likeness (QED) is 0.453. The molecule has 10 heavy (non-hydrogen) atoms. The summed E-state index contributed by atoms with van der Waals surface area (Å²) < 4.78 is 0. The van der Waals surface area contributed by atoms with Gasteiger partial charge in [-0.2, -0.15) is 18.6 Å². The first kappa shape index (κ1) is 8.57. The molecule has 2 heteroatoms. The van der Waals surface area contributed by atoms with Crippen LogP contribution in [0.25, 0.3) is 0 Å². The molecule has 0 heterocycles. The van der Waals surface area contributed by atoms with Crippen LogP contribution in [0.2, 0.25) is 0 Å². The van der Waals surface area contributed by atoms with E-state index in [2.05, 4.69) is 28.9 Å². The second-order valence-electron chi connectivity index (χ2n) is 1.90. The van der Waals surface area contributed by atoms with Crippen molar-refractivity contribution in [2.24, 2.45) is 0 Å². The molecule has 0 aliphatic carbocycles. The van der Waals surface area contributed by atoms with Crippen LogP contribution in [-0.2, 0) is 5.33 Å². The van der Waals surface area contributed by atoms with Gasteiger partial charge in [0.05, 0.1) is 0 Å². The van der Waals surface area contributed by atoms with Gasteiger partial charge in [0.15, 0.2) is 0 Å². The topological polar surface area (TPSA) is 0 Å². The Morgan fingerprint density at radius 1 is 1.30 bits per heavy atom. The first-order valence-corrected chi connectivity index (χ1v) is 3.92. The monoisotopic (exact) mass is 453 g/mol. The van der Waals surface area contributed by atoms with Crippen LogP contribution < -0.4 is 0 Å². The Labute approximate surface area is 64.0 Å². The van der Waals surface area contributed by atoms with Crippen LogP contribution in [0.15, 0.2) is 24.3 Å². The minimum atomic E-state index is 0. The molecule has 0 atom stereocenters. The average molecular weight is 454 g/mol. The van der Waals surface area contributed by atoms with Crippen LogP contribution in [0.5, 0.6) is 0 Å². The largest absolute Gasteiger partial charge is 0.198 e. The third-order valence-electron chi connectivity index (χ3n) is 1.26. The Balaban J connectivity index is 0.000000810. The molecule has 50 valence electrons. The smallest absolute Gasteiger partial charge is 0 e. The molecule has 0 N–H and O–H groups in total. The van der Waals surface area contributed by atoms with Crippen LogP contribution in [-0.4, -0.2) is 0 Å². The molecule has 0 fully saturated rings. The van der Waals surface area contributed by atoms with E-state index >= 15 is 0 Å². The van der Waals surface area contributed by atoms with Crippen molar-refractivity contribution < 1.29 is 0 Å². The van der Waals surface area contributed by atoms with Crippen molar-refractivity contribution >= 4 is 15.9 Å². The summed E-state index contributed by atoms with van der Waals surface area (Å²) in [7, 11) is 0. The second-order valence-corrected chi connectivity index (χ2v) is 2.46. The van der Waals surface area contributed by atoms with Gasteiger partial charge in [-0.1, -0.05) is 6.07 Å². The molecule has 0 unspecified atom stereocenters. The predicted molar refractivity (Wildman–Crippen MR) is 43.5 cm³/mol. The summed E-state index contributed by atoms with van der Waals surface area (Å²) in [5, 5.41) is 0.896. The van der Waals surface area contributed by atoms with Crippen LogP contribution in [0.3, 0.4) is 0 Å². The summed E-state index contributed by atoms with van der Waals surface area (Å²) in [6.07, 6.45) is 0. The molecule has 0 amide bonds. The van der Waals surface area contributed by atoms with Gasteiger partial charge in [0.2, 0.25) is 0 Å². The van der Waals surface area contributed by atoms with Crippen molar-refractivity contribution in [1.82, 2.24) is 0 Å². The second kappa shape index (κ2) is 3.57. The number of hydrogen-bond donors (Lipinski definition) is 0. The molecule has 0 bridgehead atoms. The van der Waals surface area contributed by atoms with E-state index in [0.717, 1.165) is 10.9 Å². The molecule has 0 spiro atoms. The van der Waals surface area contributed by atoms with E-state index in [1.807, 2.05) is 18.2 Å². The maximum absolute atomic E-state index is 3.86. The first-order chi connectivity index (χ1) is 4.34. The normalized spacial score (nSPS) is 8.50. The van der Waals surface area contributed by atoms with Gasteiger partial charge < -0.3 is 0 Å². The number of alkyl halides is 1. The van der Waals surface area contributed by atoms with Gasteiger partial charge in [0, 0.05) is 0 Å². The van der Waals surface area contributed by atoms with E-state index in [0.29, 0.717) is 0 Å². The third-order valence-corrected chi connectivity index (χ3v) is 1.87. The third kappa shape index (κ3) is 1.52. The Morgan fingerprint density at radius 2 is 1.90 bits per heavy atom. The average Bonchev–Trinajstić information content (AvgIpc) is 1.89. The van der Waals surface area contributed by atoms with Crippen LogP contribution >= 0.6 is 15.9 Å². The number of hydrogen-bond acceptors (Lipinski definition) is 0. The van der Waals surface area contributed by atoms with Crippen molar-refractivity contribution in [2.45, 2.75) is 5.33 Å². The number of rotatable bonds is 1. The Hall–Kier alpha value is -1.43. The van der Waals surface area contributed by atoms with Gasteiger partial charge in [-0.15, -0.1) is 33.6 Å². The van der Waals surface area contributed by atoms with Crippen molar-refractivity contribution in [3.63, 3.8) is 0 Å². The Bertz CT molecular complexity index is 198. The fraction of sp³-hybridized carbons (Fsp3) is 0.125. The van der Waals surface area contributed by atoms with Gasteiger partial charge in [0.25, 0.3) is 0 Å². The zero-order chi connectivity index (χ0) is 6.69. The Kier molecular flexibility index (Phi) is 3.06. The maximum Gasteiger partial charge on any atom is 0 e. The summed E-state index contributed by atoms with van der Waals surface area (Å²) in [5.74, 6) is 0. The van der Waals surface area contributed by atoms with Crippen molar-refractivity contribution in [3.8, 4) is 0 Å². The van der Waals surface area contributed by atoms with Crippen LogP contribution in [0.1, 0.15) is 11.1 Å². The maximum atomic E-state index is 3.86. The fourth-order valence-electron chi connectivity index (χ4n) is 0.688. The summed E-state index contributed by atoms with van der Waals surface area (Å²) in [4.78, 5) is 0. The van der Waals surface area contributed by atoms with Crippen molar-refractivity contribution in [1.29, 1.82) is 0 Å². The van der Waals surface area contributed by atoms with E-state index in [1.54, 1.807) is 0 Å². The molecular formula is C8H8BhBr-. The zero-order valence-electron chi connectivity index (χ0n) is 5.81. The molecule has 1 rings (SSSR count). The molecule has 0 nitrogen and oxygen atoms in total. The van der Waals surface area contributed by atoms with Gasteiger partial charge in [-0.25, -0.2) is 0 Å². The molecule has 1 aromatic carbocycles. The molecule has 0 radical (unpaired) electrons. The predicted octanol–water partition coefficient (Wildman–Crippen LogP) is 2.76. The SMILES string of the molecule is [Bh].[CH2-]c1ccccc1CBr. The summed E-state index contributed by atoms with van der Waals surface area (Å²) in [5.41, 5.74) is 2.37. The van der Waals surface area contributed by atoms with E-state index in [4.69, 9.17) is 0 Å². The van der Waals surface area contributed by atoms with Crippen molar-refractivity contribution in [3.05, 3.63) is 42.3 Å². The minimum Gasteiger partial charge on any atom is -0.198 e. The molecule has 0 saturated heterocycles. The van der Waals surface area contributed by atoms with E-state index in [1.165, 1.54) is 5.56 Å². The minimum absolute atomic E-state index is 0. The molecule has 0 aliphatic heterocycles. The van der Waals surface area contributed by atoms with Gasteiger partial charge in [0.1, 0.15) is 0 Å². The summed E-state index contributed by atoms with van der Waals surface area (Å²) in [6, 6.07) is 8.09. The molecule has 0 aromatic heterocycles. The molecule has 0 aliphatic rings. The fourth-order valence-corrected chi connectivity index (χ4v) is 1.23. The standard InChI is InChI=1S/C8H8Br.Bh/c1-7-4-2-3-5-8(7)6-9;/h2-5H,1,6H2;/q-1;. The zero-order valence-corrected chi connectivity index (χ0v) is 13.9. The van der Waals surface area contributed by atoms with Gasteiger partial charge in [-0.3, -0.25) is 0 Å². The van der Waals surface area contributed by atoms with Gasteiger partial charge in [-0.05, 0) is 5.33 Å². The van der Waals surface area contributed by atoms with E-state index in [-0.39, 0.29) is 0 Å². The van der Waals surface area contributed by atoms with Crippen LogP contribution in [0.4, 0.5) is 0 Å². The first-order valence-electron chi connectivity index (χ1n) is 2.80.